The minimum atomic E-state index is -1.41. The minimum absolute atomic E-state index is 0.263. The Balaban J connectivity index is 4.17. The molecule has 0 amide bonds. The lowest BCUT2D eigenvalue weighted by Crippen LogP contribution is -2.30. The maximum Gasteiger partial charge on any atom is 0.294 e. The number of rotatable bonds is 11. The molecule has 0 fully saturated rings. The topological polar surface area (TPSA) is 18.5 Å². The van der Waals surface area contributed by atoms with Gasteiger partial charge in [-0.05, 0) is 37.9 Å². The van der Waals surface area contributed by atoms with E-state index in [4.69, 9.17) is 8.54 Å². The van der Waals surface area contributed by atoms with E-state index in [1.807, 2.05) is 0 Å². The van der Waals surface area contributed by atoms with Crippen molar-refractivity contribution in [2.45, 2.75) is 92.0 Å². The molecule has 1 atom stereocenters. The van der Waals surface area contributed by atoms with Gasteiger partial charge in [0, 0.05) is 0 Å². The fraction of sp³-hybridized carbons (Fsp3) is 0.882. The number of hydrogen-bond donors (Lipinski definition) is 0. The highest BCUT2D eigenvalue weighted by molar-refractivity contribution is 6.73. The van der Waals surface area contributed by atoms with Gasteiger partial charge in [-0.25, -0.2) is 0 Å². The van der Waals surface area contributed by atoms with Gasteiger partial charge in [-0.2, -0.15) is 0 Å². The lowest BCUT2D eigenvalue weighted by atomic mass is 9.95. The Morgan fingerprint density at radius 3 is 2.29 bits per heavy atom. The average Bonchev–Trinajstić information content (AvgIpc) is 2.30. The molecule has 1 unspecified atom stereocenters. The quantitative estimate of drug-likeness (QED) is 0.295. The zero-order valence-corrected chi connectivity index (χ0v) is 17.9. The van der Waals surface area contributed by atoms with Gasteiger partial charge >= 0.3 is 0 Å². The molecule has 0 N–H and O–H groups in total. The van der Waals surface area contributed by atoms with E-state index in [1.165, 1.54) is 32.1 Å². The van der Waals surface area contributed by atoms with E-state index in [2.05, 4.69) is 59.5 Å². The van der Waals surface area contributed by atoms with Gasteiger partial charge in [0.25, 0.3) is 10.0 Å². The molecule has 0 aliphatic carbocycles. The van der Waals surface area contributed by atoms with Gasteiger partial charge < -0.3 is 8.54 Å². The molecule has 0 radical (unpaired) electrons. The Morgan fingerprint density at radius 1 is 1.10 bits per heavy atom. The van der Waals surface area contributed by atoms with E-state index >= 15 is 0 Å². The van der Waals surface area contributed by atoms with E-state index in [1.54, 1.807) is 0 Å². The van der Waals surface area contributed by atoms with E-state index in [0.717, 1.165) is 6.42 Å². The summed E-state index contributed by atoms with van der Waals surface area (Å²) in [6.45, 7) is 15.7. The van der Waals surface area contributed by atoms with Crippen LogP contribution in [-0.2, 0) is 8.54 Å². The van der Waals surface area contributed by atoms with Crippen LogP contribution in [-0.4, -0.2) is 24.4 Å². The molecule has 0 aliphatic heterocycles. The highest BCUT2D eigenvalue weighted by atomic mass is 28.4. The first-order valence-electron chi connectivity index (χ1n) is 8.57. The van der Waals surface area contributed by atoms with Gasteiger partial charge in [-0.15, -0.1) is 0 Å². The fourth-order valence-electron chi connectivity index (χ4n) is 1.95. The molecule has 21 heavy (non-hydrogen) atoms. The standard InChI is InChI=1S/C17H38O2Si2/c1-8-9-10-11-13-16(14-12-15-17(2,3)4)18-20-19-21(5,6)7/h12,15-16H,8-11,13-14,20H2,1-7H3. The molecule has 0 aromatic heterocycles. The van der Waals surface area contributed by atoms with Gasteiger partial charge in [-0.3, -0.25) is 0 Å². The summed E-state index contributed by atoms with van der Waals surface area (Å²) >= 11 is 0. The third-order valence-corrected chi connectivity index (χ3v) is 7.74. The summed E-state index contributed by atoms with van der Waals surface area (Å²) < 4.78 is 12.1. The van der Waals surface area contributed by atoms with E-state index in [0.29, 0.717) is 6.10 Å². The minimum Gasteiger partial charge on any atom is -0.441 e. The second-order valence-corrected chi connectivity index (χ2v) is 14.0. The van der Waals surface area contributed by atoms with Gasteiger partial charge in [0.2, 0.25) is 0 Å². The van der Waals surface area contributed by atoms with Crippen LogP contribution in [0.2, 0.25) is 19.6 Å². The number of unbranched alkanes of at least 4 members (excludes halogenated alkanes) is 3. The van der Waals surface area contributed by atoms with Crippen molar-refractivity contribution in [3.63, 3.8) is 0 Å². The van der Waals surface area contributed by atoms with Crippen molar-refractivity contribution in [3.8, 4) is 0 Å². The molecule has 2 nitrogen and oxygen atoms in total. The molecule has 0 bridgehead atoms. The summed E-state index contributed by atoms with van der Waals surface area (Å²) in [4.78, 5) is 0. The lowest BCUT2D eigenvalue weighted by molar-refractivity contribution is 0.174. The Labute approximate surface area is 136 Å². The van der Waals surface area contributed by atoms with Crippen LogP contribution in [0.15, 0.2) is 12.2 Å². The molecule has 126 valence electrons. The molecule has 0 aliphatic rings. The van der Waals surface area contributed by atoms with Crippen molar-refractivity contribution >= 4 is 18.3 Å². The molecule has 0 aromatic rings. The van der Waals surface area contributed by atoms with Crippen molar-refractivity contribution in [2.75, 3.05) is 0 Å². The smallest absolute Gasteiger partial charge is 0.294 e. The Kier molecular flexibility index (Phi) is 10.8. The molecule has 0 saturated heterocycles. The van der Waals surface area contributed by atoms with Crippen LogP contribution < -0.4 is 0 Å². The fourth-order valence-corrected chi connectivity index (χ4v) is 4.13. The van der Waals surface area contributed by atoms with Crippen molar-refractivity contribution < 1.29 is 8.54 Å². The summed E-state index contributed by atoms with van der Waals surface area (Å²) in [6, 6.07) is 0. The van der Waals surface area contributed by atoms with E-state index in [-0.39, 0.29) is 5.41 Å². The van der Waals surface area contributed by atoms with Crippen molar-refractivity contribution in [1.82, 2.24) is 0 Å². The molecule has 0 aromatic carbocycles. The molecular weight excluding hydrogens is 292 g/mol. The van der Waals surface area contributed by atoms with Gasteiger partial charge in [0.05, 0.1) is 6.10 Å². The predicted molar refractivity (Wildman–Crippen MR) is 99.8 cm³/mol. The van der Waals surface area contributed by atoms with Crippen molar-refractivity contribution in [1.29, 1.82) is 0 Å². The molecule has 0 rings (SSSR count). The van der Waals surface area contributed by atoms with E-state index in [9.17, 15) is 0 Å². The lowest BCUT2D eigenvalue weighted by Gasteiger charge is -2.22. The normalized spacial score (nSPS) is 15.4. The monoisotopic (exact) mass is 330 g/mol. The van der Waals surface area contributed by atoms with Crippen molar-refractivity contribution in [3.05, 3.63) is 12.2 Å². The zero-order chi connectivity index (χ0) is 16.4. The summed E-state index contributed by atoms with van der Waals surface area (Å²) in [5, 5.41) is 0. The van der Waals surface area contributed by atoms with Gasteiger partial charge in [0.1, 0.15) is 0 Å². The Bertz CT molecular complexity index is 277. The highest BCUT2D eigenvalue weighted by Crippen LogP contribution is 2.17. The van der Waals surface area contributed by atoms with Gasteiger partial charge in [-0.1, -0.05) is 65.5 Å². The highest BCUT2D eigenvalue weighted by Gasteiger charge is 2.15. The molecular formula is C17H38O2Si2. The number of hydrogen-bond acceptors (Lipinski definition) is 2. The van der Waals surface area contributed by atoms with Crippen LogP contribution in [0.3, 0.4) is 0 Å². The molecule has 4 heteroatoms. The van der Waals surface area contributed by atoms with E-state index < -0.39 is 18.3 Å². The first-order valence-corrected chi connectivity index (χ1v) is 13.1. The third-order valence-electron chi connectivity index (χ3n) is 3.19. The third kappa shape index (κ3) is 16.3. The van der Waals surface area contributed by atoms with Crippen molar-refractivity contribution in [2.24, 2.45) is 5.41 Å². The summed E-state index contributed by atoms with van der Waals surface area (Å²) in [7, 11) is -2.22. The molecule has 0 heterocycles. The Hall–Kier alpha value is 0.0938. The largest absolute Gasteiger partial charge is 0.441 e. The zero-order valence-electron chi connectivity index (χ0n) is 15.5. The average molecular weight is 331 g/mol. The maximum atomic E-state index is 6.11. The van der Waals surface area contributed by atoms with Crippen LogP contribution in [0.1, 0.15) is 66.2 Å². The SMILES string of the molecule is CCCCCCC(CC=CC(C)(C)C)O[SiH2]O[Si](C)(C)C. The van der Waals surface area contributed by atoms with Crippen LogP contribution in [0.25, 0.3) is 0 Å². The first-order chi connectivity index (χ1) is 9.64. The first kappa shape index (κ1) is 21.1. The number of allylic oxidation sites excluding steroid dienone is 1. The summed E-state index contributed by atoms with van der Waals surface area (Å²) in [5.41, 5.74) is 0.263. The van der Waals surface area contributed by atoms with Crippen LogP contribution in [0.5, 0.6) is 0 Å². The van der Waals surface area contributed by atoms with Crippen LogP contribution in [0, 0.1) is 5.41 Å². The predicted octanol–water partition coefficient (Wildman–Crippen LogP) is 5.18. The second kappa shape index (κ2) is 10.8. The molecule has 0 saturated carbocycles. The van der Waals surface area contributed by atoms with Crippen LogP contribution >= 0.6 is 0 Å². The maximum absolute atomic E-state index is 6.11. The summed E-state index contributed by atoms with van der Waals surface area (Å²) in [5.74, 6) is 0. The van der Waals surface area contributed by atoms with Gasteiger partial charge in [0.15, 0.2) is 8.32 Å². The Morgan fingerprint density at radius 2 is 1.76 bits per heavy atom. The van der Waals surface area contributed by atoms with Crippen LogP contribution in [0.4, 0.5) is 0 Å². The second-order valence-electron chi connectivity index (χ2n) is 8.02. The molecule has 0 spiro atoms. The summed E-state index contributed by atoms with van der Waals surface area (Å²) in [6.07, 6.45) is 12.4.